The standard InChI is InChI=1S/C29H25NO/c30-28(20-21-10-2-1-3-11-21)29(31,26-18-8-14-22-12-4-6-16-24(22)26)27-19-9-15-23-13-5-7-17-25(23)27/h1-19,28,31H,20,30H2/t28-/m1/s1. The zero-order chi connectivity index (χ0) is 21.3. The Morgan fingerprint density at radius 2 is 1.03 bits per heavy atom. The van der Waals surface area contributed by atoms with Gasteiger partial charge in [-0.25, -0.2) is 0 Å². The zero-order valence-corrected chi connectivity index (χ0v) is 17.3. The van der Waals surface area contributed by atoms with E-state index in [4.69, 9.17) is 5.73 Å². The molecule has 31 heavy (non-hydrogen) atoms. The fourth-order valence-corrected chi connectivity index (χ4v) is 4.68. The van der Waals surface area contributed by atoms with Crippen LogP contribution in [0.4, 0.5) is 0 Å². The van der Waals surface area contributed by atoms with Crippen LogP contribution in [-0.2, 0) is 12.0 Å². The predicted molar refractivity (Wildman–Crippen MR) is 129 cm³/mol. The van der Waals surface area contributed by atoms with Crippen molar-refractivity contribution in [2.75, 3.05) is 0 Å². The second-order valence-electron chi connectivity index (χ2n) is 8.12. The normalized spacial score (nSPS) is 12.8. The van der Waals surface area contributed by atoms with E-state index in [9.17, 15) is 5.11 Å². The molecule has 152 valence electrons. The van der Waals surface area contributed by atoms with Crippen molar-refractivity contribution in [3.8, 4) is 0 Å². The lowest BCUT2D eigenvalue weighted by Crippen LogP contribution is -2.48. The highest BCUT2D eigenvalue weighted by atomic mass is 16.3. The lowest BCUT2D eigenvalue weighted by molar-refractivity contribution is 0.0546. The van der Waals surface area contributed by atoms with Gasteiger partial charge in [-0.2, -0.15) is 0 Å². The van der Waals surface area contributed by atoms with Gasteiger partial charge in [-0.05, 0) is 44.7 Å². The Labute approximate surface area is 182 Å². The van der Waals surface area contributed by atoms with E-state index in [2.05, 4.69) is 48.5 Å². The first-order valence-corrected chi connectivity index (χ1v) is 10.7. The van der Waals surface area contributed by atoms with Crippen molar-refractivity contribution in [3.63, 3.8) is 0 Å². The average Bonchev–Trinajstić information content (AvgIpc) is 2.83. The third kappa shape index (κ3) is 3.40. The summed E-state index contributed by atoms with van der Waals surface area (Å²) in [7, 11) is 0. The molecule has 0 heterocycles. The molecule has 0 bridgehead atoms. The second-order valence-corrected chi connectivity index (χ2v) is 8.12. The zero-order valence-electron chi connectivity index (χ0n) is 17.3. The van der Waals surface area contributed by atoms with Crippen molar-refractivity contribution in [2.45, 2.75) is 18.1 Å². The summed E-state index contributed by atoms with van der Waals surface area (Å²) in [5.41, 5.74) is 8.30. The van der Waals surface area contributed by atoms with Gasteiger partial charge in [0.15, 0.2) is 0 Å². The van der Waals surface area contributed by atoms with Gasteiger partial charge in [0, 0.05) is 6.04 Å². The topological polar surface area (TPSA) is 46.2 Å². The van der Waals surface area contributed by atoms with Crippen LogP contribution < -0.4 is 5.73 Å². The molecule has 0 aliphatic rings. The van der Waals surface area contributed by atoms with Crippen molar-refractivity contribution in [3.05, 3.63) is 132 Å². The van der Waals surface area contributed by atoms with Crippen LogP contribution in [0, 0.1) is 0 Å². The molecule has 5 aromatic carbocycles. The van der Waals surface area contributed by atoms with Crippen LogP contribution in [0.3, 0.4) is 0 Å². The van der Waals surface area contributed by atoms with Gasteiger partial charge < -0.3 is 10.8 Å². The van der Waals surface area contributed by atoms with Gasteiger partial charge in [0.2, 0.25) is 0 Å². The number of benzene rings is 5. The van der Waals surface area contributed by atoms with E-state index < -0.39 is 11.6 Å². The molecule has 2 nitrogen and oxygen atoms in total. The maximum absolute atomic E-state index is 12.6. The smallest absolute Gasteiger partial charge is 0.131 e. The molecule has 5 aromatic rings. The van der Waals surface area contributed by atoms with Crippen LogP contribution in [0.2, 0.25) is 0 Å². The monoisotopic (exact) mass is 403 g/mol. The number of rotatable bonds is 5. The Morgan fingerprint density at radius 3 is 1.58 bits per heavy atom. The SMILES string of the molecule is N[C@H](Cc1ccccc1)C(O)(c1cccc2ccccc12)c1cccc2ccccc12. The van der Waals surface area contributed by atoms with Crippen LogP contribution in [0.25, 0.3) is 21.5 Å². The van der Waals surface area contributed by atoms with E-state index in [0.717, 1.165) is 38.2 Å². The predicted octanol–water partition coefficient (Wildman–Crippen LogP) is 5.80. The quantitative estimate of drug-likeness (QED) is 0.390. The number of hydrogen-bond acceptors (Lipinski definition) is 2. The number of hydrogen-bond donors (Lipinski definition) is 2. The summed E-state index contributed by atoms with van der Waals surface area (Å²) in [6.45, 7) is 0. The molecule has 0 aliphatic heterocycles. The van der Waals surface area contributed by atoms with Crippen molar-refractivity contribution in [2.24, 2.45) is 5.73 Å². The van der Waals surface area contributed by atoms with Crippen molar-refractivity contribution < 1.29 is 5.11 Å². The van der Waals surface area contributed by atoms with Gasteiger partial charge in [-0.1, -0.05) is 115 Å². The highest BCUT2D eigenvalue weighted by Gasteiger charge is 2.40. The molecule has 0 saturated heterocycles. The molecule has 5 rings (SSSR count). The molecule has 0 amide bonds. The molecule has 0 aliphatic carbocycles. The van der Waals surface area contributed by atoms with E-state index in [1.807, 2.05) is 66.7 Å². The minimum absolute atomic E-state index is 0.536. The molecule has 0 unspecified atom stereocenters. The van der Waals surface area contributed by atoms with Gasteiger partial charge in [0.05, 0.1) is 0 Å². The third-order valence-electron chi connectivity index (χ3n) is 6.24. The molecular formula is C29H25NO. The van der Waals surface area contributed by atoms with Crippen molar-refractivity contribution >= 4 is 21.5 Å². The Balaban J connectivity index is 1.78. The Morgan fingerprint density at radius 1 is 0.581 bits per heavy atom. The van der Waals surface area contributed by atoms with E-state index in [1.54, 1.807) is 0 Å². The van der Waals surface area contributed by atoms with Crippen LogP contribution in [0.5, 0.6) is 0 Å². The van der Waals surface area contributed by atoms with Crippen LogP contribution >= 0.6 is 0 Å². The van der Waals surface area contributed by atoms with E-state index in [-0.39, 0.29) is 0 Å². The lowest BCUT2D eigenvalue weighted by atomic mass is 9.75. The summed E-state index contributed by atoms with van der Waals surface area (Å²) in [5.74, 6) is 0. The van der Waals surface area contributed by atoms with E-state index in [1.165, 1.54) is 0 Å². The molecular weight excluding hydrogens is 378 g/mol. The highest BCUT2D eigenvalue weighted by molar-refractivity contribution is 5.91. The number of nitrogens with two attached hydrogens (primary N) is 1. The maximum atomic E-state index is 12.6. The van der Waals surface area contributed by atoms with Gasteiger partial charge in [0.25, 0.3) is 0 Å². The number of fused-ring (bicyclic) bond motifs is 2. The van der Waals surface area contributed by atoms with Gasteiger partial charge in [0.1, 0.15) is 5.60 Å². The summed E-state index contributed by atoms with van der Waals surface area (Å²) in [6, 6.07) is 38.1. The van der Waals surface area contributed by atoms with Gasteiger partial charge in [-0.3, -0.25) is 0 Å². The van der Waals surface area contributed by atoms with E-state index in [0.29, 0.717) is 6.42 Å². The maximum Gasteiger partial charge on any atom is 0.131 e. The lowest BCUT2D eigenvalue weighted by Gasteiger charge is -2.37. The fraction of sp³-hybridized carbons (Fsp3) is 0.103. The van der Waals surface area contributed by atoms with Crippen LogP contribution in [-0.4, -0.2) is 11.1 Å². The van der Waals surface area contributed by atoms with Gasteiger partial charge >= 0.3 is 0 Å². The van der Waals surface area contributed by atoms with Crippen molar-refractivity contribution in [1.29, 1.82) is 0 Å². The molecule has 0 fully saturated rings. The van der Waals surface area contributed by atoms with Crippen molar-refractivity contribution in [1.82, 2.24) is 0 Å². The van der Waals surface area contributed by atoms with Gasteiger partial charge in [-0.15, -0.1) is 0 Å². The summed E-state index contributed by atoms with van der Waals surface area (Å²) in [5, 5.41) is 16.8. The van der Waals surface area contributed by atoms with E-state index >= 15 is 0 Å². The summed E-state index contributed by atoms with van der Waals surface area (Å²) < 4.78 is 0. The Bertz CT molecular complexity index is 1250. The second kappa shape index (κ2) is 7.99. The number of aliphatic hydroxyl groups is 1. The average molecular weight is 404 g/mol. The summed E-state index contributed by atoms with van der Waals surface area (Å²) in [4.78, 5) is 0. The molecule has 2 heteroatoms. The fourth-order valence-electron chi connectivity index (χ4n) is 4.68. The Hall–Kier alpha value is -3.46. The first-order chi connectivity index (χ1) is 15.2. The van der Waals surface area contributed by atoms with Crippen LogP contribution in [0.15, 0.2) is 115 Å². The minimum atomic E-state index is -1.36. The highest BCUT2D eigenvalue weighted by Crippen LogP contribution is 2.40. The first kappa shape index (κ1) is 19.5. The Kier molecular flexibility index (Phi) is 5.03. The summed E-state index contributed by atoms with van der Waals surface area (Å²) >= 11 is 0. The minimum Gasteiger partial charge on any atom is -0.379 e. The molecule has 1 atom stereocenters. The molecule has 3 N–H and O–H groups in total. The molecule has 0 saturated carbocycles. The third-order valence-corrected chi connectivity index (χ3v) is 6.24. The first-order valence-electron chi connectivity index (χ1n) is 10.7. The van der Waals surface area contributed by atoms with Crippen LogP contribution in [0.1, 0.15) is 16.7 Å². The molecule has 0 radical (unpaired) electrons. The summed E-state index contributed by atoms with van der Waals surface area (Å²) in [6.07, 6.45) is 0.559. The molecule has 0 aromatic heterocycles. The molecule has 0 spiro atoms. The largest absolute Gasteiger partial charge is 0.379 e.